The summed E-state index contributed by atoms with van der Waals surface area (Å²) < 4.78 is 13.3. The van der Waals surface area contributed by atoms with Crippen molar-refractivity contribution in [2.24, 2.45) is 0 Å². The predicted octanol–water partition coefficient (Wildman–Crippen LogP) is 1.73. The SMILES string of the molecule is CC1(O)CCN(c2ncnc3ccc(F)cc23)C1. The van der Waals surface area contributed by atoms with Crippen molar-refractivity contribution in [2.75, 3.05) is 18.0 Å². The van der Waals surface area contributed by atoms with Gasteiger partial charge in [-0.25, -0.2) is 14.4 Å². The first-order chi connectivity index (χ1) is 8.55. The van der Waals surface area contributed by atoms with Gasteiger partial charge < -0.3 is 10.0 Å². The Bertz CT molecular complexity index is 600. The lowest BCUT2D eigenvalue weighted by Crippen LogP contribution is -2.30. The third-order valence-corrected chi connectivity index (χ3v) is 3.33. The zero-order valence-electron chi connectivity index (χ0n) is 10.1. The molecule has 0 bridgehead atoms. The number of hydrogen-bond donors (Lipinski definition) is 1. The molecule has 5 heteroatoms. The van der Waals surface area contributed by atoms with Gasteiger partial charge in [-0.3, -0.25) is 0 Å². The maximum absolute atomic E-state index is 13.3. The van der Waals surface area contributed by atoms with Gasteiger partial charge in [-0.2, -0.15) is 0 Å². The minimum absolute atomic E-state index is 0.301. The average Bonchev–Trinajstić information content (AvgIpc) is 2.69. The van der Waals surface area contributed by atoms with Gasteiger partial charge in [-0.1, -0.05) is 0 Å². The standard InChI is InChI=1S/C13H14FN3O/c1-13(18)4-5-17(7-13)12-10-6-9(14)2-3-11(10)15-8-16-12/h2-3,6,8,18H,4-5,7H2,1H3. The summed E-state index contributed by atoms with van der Waals surface area (Å²) >= 11 is 0. The lowest BCUT2D eigenvalue weighted by Gasteiger charge is -2.20. The molecule has 3 rings (SSSR count). The summed E-state index contributed by atoms with van der Waals surface area (Å²) in [6.07, 6.45) is 2.16. The second-order valence-electron chi connectivity index (χ2n) is 5.03. The molecule has 0 radical (unpaired) electrons. The molecule has 94 valence electrons. The molecule has 0 saturated carbocycles. The molecule has 0 amide bonds. The van der Waals surface area contributed by atoms with Crippen molar-refractivity contribution < 1.29 is 9.50 Å². The molecule has 1 aliphatic rings. The normalized spacial score (nSPS) is 23.8. The van der Waals surface area contributed by atoms with E-state index in [9.17, 15) is 9.50 Å². The van der Waals surface area contributed by atoms with E-state index >= 15 is 0 Å². The Morgan fingerprint density at radius 1 is 1.39 bits per heavy atom. The van der Waals surface area contributed by atoms with Crippen molar-refractivity contribution in [1.29, 1.82) is 0 Å². The Labute approximate surface area is 104 Å². The summed E-state index contributed by atoms with van der Waals surface area (Å²) in [5.41, 5.74) is 0.0119. The Morgan fingerprint density at radius 2 is 2.22 bits per heavy atom. The van der Waals surface area contributed by atoms with Crippen LogP contribution in [0.15, 0.2) is 24.5 Å². The molecule has 0 spiro atoms. The van der Waals surface area contributed by atoms with Gasteiger partial charge in [0.1, 0.15) is 18.0 Å². The Kier molecular flexibility index (Phi) is 2.45. The first-order valence-electron chi connectivity index (χ1n) is 5.93. The van der Waals surface area contributed by atoms with Gasteiger partial charge in [-0.05, 0) is 31.5 Å². The topological polar surface area (TPSA) is 49.2 Å². The molecule has 1 aromatic carbocycles. The Hall–Kier alpha value is -1.75. The molecular formula is C13H14FN3O. The van der Waals surface area contributed by atoms with Gasteiger partial charge in [0.05, 0.1) is 11.1 Å². The minimum atomic E-state index is -0.704. The van der Waals surface area contributed by atoms with E-state index in [1.165, 1.54) is 18.5 Å². The predicted molar refractivity (Wildman–Crippen MR) is 66.9 cm³/mol. The summed E-state index contributed by atoms with van der Waals surface area (Å²) in [6, 6.07) is 4.47. The van der Waals surface area contributed by atoms with Crippen LogP contribution in [-0.4, -0.2) is 33.8 Å². The zero-order chi connectivity index (χ0) is 12.8. The first kappa shape index (κ1) is 11.3. The van der Waals surface area contributed by atoms with E-state index in [0.717, 1.165) is 6.54 Å². The number of halogens is 1. The van der Waals surface area contributed by atoms with Crippen LogP contribution in [0.4, 0.5) is 10.2 Å². The number of anilines is 1. The Balaban J connectivity index is 2.09. The van der Waals surface area contributed by atoms with Crippen LogP contribution in [0.2, 0.25) is 0 Å². The van der Waals surface area contributed by atoms with Gasteiger partial charge in [0, 0.05) is 18.5 Å². The van der Waals surface area contributed by atoms with Gasteiger partial charge in [0.15, 0.2) is 0 Å². The van der Waals surface area contributed by atoms with E-state index in [1.54, 1.807) is 13.0 Å². The average molecular weight is 247 g/mol. The van der Waals surface area contributed by atoms with E-state index in [0.29, 0.717) is 29.7 Å². The molecule has 1 N–H and O–H groups in total. The number of hydrogen-bond acceptors (Lipinski definition) is 4. The lowest BCUT2D eigenvalue weighted by molar-refractivity contribution is 0.0839. The van der Waals surface area contributed by atoms with E-state index in [2.05, 4.69) is 9.97 Å². The van der Waals surface area contributed by atoms with Crippen molar-refractivity contribution in [2.45, 2.75) is 18.9 Å². The summed E-state index contributed by atoms with van der Waals surface area (Å²) in [7, 11) is 0. The highest BCUT2D eigenvalue weighted by molar-refractivity contribution is 5.89. The second kappa shape index (κ2) is 3.88. The summed E-state index contributed by atoms with van der Waals surface area (Å²) in [4.78, 5) is 10.3. The molecule has 1 saturated heterocycles. The number of aliphatic hydroxyl groups is 1. The number of fused-ring (bicyclic) bond motifs is 1. The number of aromatic nitrogens is 2. The van der Waals surface area contributed by atoms with Gasteiger partial charge in [0.25, 0.3) is 0 Å². The van der Waals surface area contributed by atoms with E-state index in [4.69, 9.17) is 0 Å². The zero-order valence-corrected chi connectivity index (χ0v) is 10.1. The van der Waals surface area contributed by atoms with Crippen LogP contribution in [0.25, 0.3) is 10.9 Å². The summed E-state index contributed by atoms with van der Waals surface area (Å²) in [6.45, 7) is 3.03. The van der Waals surface area contributed by atoms with Crippen molar-refractivity contribution in [1.82, 2.24) is 9.97 Å². The third kappa shape index (κ3) is 1.90. The molecule has 4 nitrogen and oxygen atoms in total. The highest BCUT2D eigenvalue weighted by atomic mass is 19.1. The molecule has 1 atom stereocenters. The molecule has 2 aromatic rings. The first-order valence-corrected chi connectivity index (χ1v) is 5.93. The van der Waals surface area contributed by atoms with Crippen LogP contribution >= 0.6 is 0 Å². The van der Waals surface area contributed by atoms with Crippen LogP contribution in [0.5, 0.6) is 0 Å². The summed E-state index contributed by atoms with van der Waals surface area (Å²) in [5.74, 6) is 0.391. The number of β-amino-alcohol motifs (C(OH)–C–C–N with tert-alkyl or cyclic N) is 1. The van der Waals surface area contributed by atoms with Gasteiger partial charge >= 0.3 is 0 Å². The van der Waals surface area contributed by atoms with Crippen LogP contribution in [-0.2, 0) is 0 Å². The van der Waals surface area contributed by atoms with E-state index < -0.39 is 5.60 Å². The smallest absolute Gasteiger partial charge is 0.140 e. The number of rotatable bonds is 1. The molecule has 1 aliphatic heterocycles. The fourth-order valence-corrected chi connectivity index (χ4v) is 2.39. The molecule has 1 aromatic heterocycles. The second-order valence-corrected chi connectivity index (χ2v) is 5.03. The van der Waals surface area contributed by atoms with Crippen LogP contribution in [0.3, 0.4) is 0 Å². The lowest BCUT2D eigenvalue weighted by atomic mass is 10.1. The van der Waals surface area contributed by atoms with E-state index in [1.807, 2.05) is 4.90 Å². The van der Waals surface area contributed by atoms with Crippen molar-refractivity contribution in [3.8, 4) is 0 Å². The van der Waals surface area contributed by atoms with E-state index in [-0.39, 0.29) is 5.82 Å². The van der Waals surface area contributed by atoms with Crippen molar-refractivity contribution in [3.63, 3.8) is 0 Å². The third-order valence-electron chi connectivity index (χ3n) is 3.33. The molecular weight excluding hydrogens is 233 g/mol. The largest absolute Gasteiger partial charge is 0.388 e. The quantitative estimate of drug-likeness (QED) is 0.833. The molecule has 0 aliphatic carbocycles. The maximum atomic E-state index is 13.3. The monoisotopic (exact) mass is 247 g/mol. The van der Waals surface area contributed by atoms with Crippen LogP contribution in [0.1, 0.15) is 13.3 Å². The summed E-state index contributed by atoms with van der Waals surface area (Å²) in [5, 5.41) is 10.7. The fourth-order valence-electron chi connectivity index (χ4n) is 2.39. The van der Waals surface area contributed by atoms with Gasteiger partial charge in [0.2, 0.25) is 0 Å². The van der Waals surface area contributed by atoms with Crippen molar-refractivity contribution in [3.05, 3.63) is 30.3 Å². The highest BCUT2D eigenvalue weighted by Gasteiger charge is 2.32. The van der Waals surface area contributed by atoms with Gasteiger partial charge in [-0.15, -0.1) is 0 Å². The maximum Gasteiger partial charge on any atom is 0.140 e. The highest BCUT2D eigenvalue weighted by Crippen LogP contribution is 2.29. The molecule has 18 heavy (non-hydrogen) atoms. The molecule has 1 fully saturated rings. The van der Waals surface area contributed by atoms with Crippen LogP contribution in [0, 0.1) is 5.82 Å². The van der Waals surface area contributed by atoms with Crippen molar-refractivity contribution >= 4 is 16.7 Å². The number of nitrogens with zero attached hydrogens (tertiary/aromatic N) is 3. The van der Waals surface area contributed by atoms with Crippen LogP contribution < -0.4 is 4.90 Å². The minimum Gasteiger partial charge on any atom is -0.388 e. The molecule has 1 unspecified atom stereocenters. The Morgan fingerprint density at radius 3 is 2.94 bits per heavy atom. The fraction of sp³-hybridized carbons (Fsp3) is 0.385. The molecule has 2 heterocycles. The number of benzene rings is 1.